The molecule has 0 bridgehead atoms. The summed E-state index contributed by atoms with van der Waals surface area (Å²) in [6, 6.07) is 7.11. The molecule has 0 spiro atoms. The van der Waals surface area contributed by atoms with Gasteiger partial charge in [-0.25, -0.2) is 0 Å². The standard InChI is InChI=1S/C23H24F3N3O2/c1-14-8-22(31)29(18-6-7-18)20-13-28(12-19(14)20)21(30)9-15-10-27(11-15)17-4-2-16(3-5-17)23(24,25)26/h2-5,8,15,18H,6-7,9-13H2,1H3. The molecule has 5 rings (SSSR count). The van der Waals surface area contributed by atoms with Crippen molar-refractivity contribution in [2.45, 2.75) is 51.5 Å². The van der Waals surface area contributed by atoms with Crippen LogP contribution in [0.1, 0.15) is 47.7 Å². The topological polar surface area (TPSA) is 45.6 Å². The number of aromatic nitrogens is 1. The van der Waals surface area contributed by atoms with Gasteiger partial charge in [-0.15, -0.1) is 0 Å². The minimum Gasteiger partial charge on any atom is -0.371 e. The summed E-state index contributed by atoms with van der Waals surface area (Å²) in [5.74, 6) is 0.257. The average molecular weight is 431 g/mol. The summed E-state index contributed by atoms with van der Waals surface area (Å²) in [5, 5.41) is 0. The maximum absolute atomic E-state index is 12.9. The molecule has 0 radical (unpaired) electrons. The van der Waals surface area contributed by atoms with Gasteiger partial charge in [-0.05, 0) is 55.2 Å². The van der Waals surface area contributed by atoms with Gasteiger partial charge in [0, 0.05) is 55.5 Å². The lowest BCUT2D eigenvalue weighted by atomic mass is 9.94. The molecule has 1 aromatic heterocycles. The largest absolute Gasteiger partial charge is 0.416 e. The van der Waals surface area contributed by atoms with Gasteiger partial charge in [0.15, 0.2) is 0 Å². The van der Waals surface area contributed by atoms with Gasteiger partial charge in [0.05, 0.1) is 12.1 Å². The fraction of sp³-hybridized carbons (Fsp3) is 0.478. The summed E-state index contributed by atoms with van der Waals surface area (Å²) in [6.45, 7) is 4.27. The first-order chi connectivity index (χ1) is 14.7. The zero-order chi connectivity index (χ0) is 21.9. The summed E-state index contributed by atoms with van der Waals surface area (Å²) in [7, 11) is 0. The van der Waals surface area contributed by atoms with E-state index >= 15 is 0 Å². The molecule has 31 heavy (non-hydrogen) atoms. The van der Waals surface area contributed by atoms with Crippen LogP contribution in [0, 0.1) is 12.8 Å². The van der Waals surface area contributed by atoms with Gasteiger partial charge in [-0.1, -0.05) is 0 Å². The summed E-state index contributed by atoms with van der Waals surface area (Å²) in [6.07, 6.45) is -1.88. The number of halogens is 3. The second-order valence-corrected chi connectivity index (χ2v) is 8.96. The number of hydrogen-bond donors (Lipinski definition) is 0. The van der Waals surface area contributed by atoms with E-state index in [4.69, 9.17) is 0 Å². The lowest BCUT2D eigenvalue weighted by Gasteiger charge is -2.41. The Bertz CT molecular complexity index is 1080. The van der Waals surface area contributed by atoms with Crippen LogP contribution in [0.3, 0.4) is 0 Å². The van der Waals surface area contributed by atoms with Crippen molar-refractivity contribution in [3.8, 4) is 0 Å². The van der Waals surface area contributed by atoms with E-state index < -0.39 is 11.7 Å². The number of benzene rings is 1. The predicted molar refractivity (Wildman–Crippen MR) is 110 cm³/mol. The van der Waals surface area contributed by atoms with Crippen molar-refractivity contribution >= 4 is 11.6 Å². The van der Waals surface area contributed by atoms with Crippen LogP contribution < -0.4 is 10.5 Å². The molecule has 1 amide bonds. The molecule has 1 aromatic carbocycles. The summed E-state index contributed by atoms with van der Waals surface area (Å²) < 4.78 is 40.0. The van der Waals surface area contributed by atoms with Crippen LogP contribution in [0.25, 0.3) is 0 Å². The molecular weight excluding hydrogens is 407 g/mol. The lowest BCUT2D eigenvalue weighted by Crippen LogP contribution is -2.48. The van der Waals surface area contributed by atoms with Crippen molar-refractivity contribution in [3.63, 3.8) is 0 Å². The minimum atomic E-state index is -4.33. The third-order valence-electron chi connectivity index (χ3n) is 6.63. The third-order valence-corrected chi connectivity index (χ3v) is 6.63. The number of amides is 1. The number of hydrogen-bond acceptors (Lipinski definition) is 3. The number of nitrogens with zero attached hydrogens (tertiary/aromatic N) is 3. The van der Waals surface area contributed by atoms with Gasteiger partial charge in [0.25, 0.3) is 5.56 Å². The number of carbonyl (C=O) groups excluding carboxylic acids is 1. The van der Waals surface area contributed by atoms with E-state index in [1.165, 1.54) is 12.1 Å². The second kappa shape index (κ2) is 7.14. The highest BCUT2D eigenvalue weighted by Crippen LogP contribution is 2.38. The highest BCUT2D eigenvalue weighted by Gasteiger charge is 2.36. The van der Waals surface area contributed by atoms with Gasteiger partial charge in [0.2, 0.25) is 5.91 Å². The molecule has 1 saturated carbocycles. The first-order valence-corrected chi connectivity index (χ1v) is 10.6. The maximum Gasteiger partial charge on any atom is 0.416 e. The molecule has 0 N–H and O–H groups in total. The smallest absolute Gasteiger partial charge is 0.371 e. The van der Waals surface area contributed by atoms with Gasteiger partial charge >= 0.3 is 6.18 Å². The summed E-state index contributed by atoms with van der Waals surface area (Å²) >= 11 is 0. The Morgan fingerprint density at radius 2 is 1.77 bits per heavy atom. The van der Waals surface area contributed by atoms with E-state index in [2.05, 4.69) is 0 Å². The van der Waals surface area contributed by atoms with Crippen molar-refractivity contribution in [2.24, 2.45) is 5.92 Å². The summed E-state index contributed by atoms with van der Waals surface area (Å²) in [5.41, 5.74) is 3.15. The zero-order valence-electron chi connectivity index (χ0n) is 17.3. The summed E-state index contributed by atoms with van der Waals surface area (Å²) in [4.78, 5) is 29.2. The Morgan fingerprint density at radius 1 is 1.10 bits per heavy atom. The van der Waals surface area contributed by atoms with Crippen LogP contribution in [-0.4, -0.2) is 28.5 Å². The third kappa shape index (κ3) is 3.72. The van der Waals surface area contributed by atoms with E-state index in [1.54, 1.807) is 6.07 Å². The number of pyridine rings is 1. The van der Waals surface area contributed by atoms with E-state index in [9.17, 15) is 22.8 Å². The number of carbonyl (C=O) groups is 1. The van der Waals surface area contributed by atoms with E-state index in [0.717, 1.165) is 47.5 Å². The van der Waals surface area contributed by atoms with E-state index in [-0.39, 0.29) is 23.4 Å². The highest BCUT2D eigenvalue weighted by atomic mass is 19.4. The van der Waals surface area contributed by atoms with Crippen LogP contribution in [0.2, 0.25) is 0 Å². The molecule has 2 fully saturated rings. The predicted octanol–water partition coefficient (Wildman–Crippen LogP) is 3.88. The number of anilines is 1. The normalized spacial score (nSPS) is 18.8. The van der Waals surface area contributed by atoms with E-state index in [1.807, 2.05) is 21.3 Å². The van der Waals surface area contributed by atoms with Crippen molar-refractivity contribution in [1.29, 1.82) is 0 Å². The Balaban J connectivity index is 1.19. The average Bonchev–Trinajstić information content (AvgIpc) is 3.40. The number of alkyl halides is 3. The first kappa shape index (κ1) is 20.2. The Kier molecular flexibility index (Phi) is 4.64. The van der Waals surface area contributed by atoms with Crippen molar-refractivity contribution in [2.75, 3.05) is 18.0 Å². The Morgan fingerprint density at radius 3 is 2.39 bits per heavy atom. The van der Waals surface area contributed by atoms with Crippen LogP contribution in [0.15, 0.2) is 35.1 Å². The molecule has 3 heterocycles. The van der Waals surface area contributed by atoms with Crippen LogP contribution in [-0.2, 0) is 24.1 Å². The van der Waals surface area contributed by atoms with Crippen LogP contribution in [0.5, 0.6) is 0 Å². The molecule has 1 aliphatic carbocycles. The number of aryl methyl sites for hydroxylation is 1. The fourth-order valence-electron chi connectivity index (χ4n) is 4.72. The van der Waals surface area contributed by atoms with Crippen molar-refractivity contribution in [1.82, 2.24) is 9.47 Å². The number of rotatable bonds is 4. The van der Waals surface area contributed by atoms with Crippen molar-refractivity contribution < 1.29 is 18.0 Å². The molecule has 2 aromatic rings. The maximum atomic E-state index is 12.9. The number of fused-ring (bicyclic) bond motifs is 1. The van der Waals surface area contributed by atoms with Gasteiger partial charge in [-0.2, -0.15) is 13.2 Å². The second-order valence-electron chi connectivity index (χ2n) is 8.96. The molecule has 2 aliphatic heterocycles. The monoisotopic (exact) mass is 431 g/mol. The molecule has 8 heteroatoms. The van der Waals surface area contributed by atoms with Gasteiger partial charge in [-0.3, -0.25) is 9.59 Å². The van der Waals surface area contributed by atoms with Crippen LogP contribution >= 0.6 is 0 Å². The van der Waals surface area contributed by atoms with Crippen LogP contribution in [0.4, 0.5) is 18.9 Å². The minimum absolute atomic E-state index is 0.0271. The molecular formula is C23H24F3N3O2. The SMILES string of the molecule is Cc1cc(=O)n(C2CC2)c2c1CN(C(=O)CC1CN(c3ccc(C(F)(F)F)cc3)C1)C2. The lowest BCUT2D eigenvalue weighted by molar-refractivity contribution is -0.137. The molecule has 0 atom stereocenters. The molecule has 1 saturated heterocycles. The van der Waals surface area contributed by atoms with E-state index in [0.29, 0.717) is 32.6 Å². The quantitative estimate of drug-likeness (QED) is 0.738. The molecule has 0 unspecified atom stereocenters. The molecule has 5 nitrogen and oxygen atoms in total. The molecule has 164 valence electrons. The Labute approximate surface area is 178 Å². The first-order valence-electron chi connectivity index (χ1n) is 10.6. The zero-order valence-corrected chi connectivity index (χ0v) is 17.3. The van der Waals surface area contributed by atoms with Gasteiger partial charge in [0.1, 0.15) is 0 Å². The highest BCUT2D eigenvalue weighted by molar-refractivity contribution is 5.77. The Hall–Kier alpha value is -2.77. The van der Waals surface area contributed by atoms with Crippen molar-refractivity contribution in [3.05, 3.63) is 63.1 Å². The molecule has 3 aliphatic rings. The fourth-order valence-corrected chi connectivity index (χ4v) is 4.72. The van der Waals surface area contributed by atoms with Gasteiger partial charge < -0.3 is 14.4 Å².